The fraction of sp³-hybridized carbons (Fsp3) is 0.200. The summed E-state index contributed by atoms with van der Waals surface area (Å²) in [6.07, 6.45) is 1.92. The monoisotopic (exact) mass is 526 g/mol. The van der Waals surface area contributed by atoms with E-state index in [-0.39, 0.29) is 11.5 Å². The first kappa shape index (κ1) is 23.2. The Morgan fingerprint density at radius 3 is 2.48 bits per heavy atom. The van der Waals surface area contributed by atoms with Crippen LogP contribution in [0.2, 0.25) is 0 Å². The molecule has 33 heavy (non-hydrogen) atoms. The van der Waals surface area contributed by atoms with E-state index in [1.807, 2.05) is 49.4 Å². The summed E-state index contributed by atoms with van der Waals surface area (Å²) in [5.74, 6) is -0.492. The smallest absolute Gasteiger partial charge is 0.338 e. The number of halogens is 1. The predicted molar refractivity (Wildman–Crippen MR) is 131 cm³/mol. The lowest BCUT2D eigenvalue weighted by Gasteiger charge is -2.15. The molecule has 0 aliphatic heterocycles. The number of carbonyl (C=O) groups excluding carboxylic acids is 1. The molecule has 0 N–H and O–H groups in total. The summed E-state index contributed by atoms with van der Waals surface area (Å²) in [5.41, 5.74) is 4.35. The Bertz CT molecular complexity index is 1460. The van der Waals surface area contributed by atoms with Crippen LogP contribution in [0.3, 0.4) is 0 Å². The van der Waals surface area contributed by atoms with Crippen molar-refractivity contribution in [1.82, 2.24) is 9.61 Å². The van der Waals surface area contributed by atoms with Crippen molar-refractivity contribution in [3.05, 3.63) is 87.7 Å². The van der Waals surface area contributed by atoms with E-state index < -0.39 is 15.8 Å². The van der Waals surface area contributed by atoms with Crippen LogP contribution in [-0.2, 0) is 27.6 Å². The molecule has 2 aromatic heterocycles. The zero-order valence-corrected chi connectivity index (χ0v) is 20.9. The standard InChI is InChI=1S/C25H23BrN2O4S/c1-4-21-10-11-22-23(24(33(3,30)31)16(2)27-28(21)22)18-12-19(14-20(26)13-18)25(29)32-15-17-8-6-5-7-9-17/h5-14H,4,15H2,1-3H3. The lowest BCUT2D eigenvalue weighted by atomic mass is 10.0. The SMILES string of the molecule is CCc1ccc2c(-c3cc(Br)cc(C(=O)OCc4ccccc4)c3)c(S(C)(=O)=O)c(C)nn12. The first-order valence-electron chi connectivity index (χ1n) is 10.4. The lowest BCUT2D eigenvalue weighted by Crippen LogP contribution is -2.10. The molecule has 0 spiro atoms. The van der Waals surface area contributed by atoms with Crippen LogP contribution < -0.4 is 0 Å². The minimum Gasteiger partial charge on any atom is -0.457 e. The van der Waals surface area contributed by atoms with Gasteiger partial charge in [-0.25, -0.2) is 17.7 Å². The van der Waals surface area contributed by atoms with Gasteiger partial charge in [0.25, 0.3) is 0 Å². The summed E-state index contributed by atoms with van der Waals surface area (Å²) in [4.78, 5) is 13.0. The number of sulfone groups is 1. The Hall–Kier alpha value is -2.97. The molecule has 0 aliphatic rings. The number of esters is 1. The number of aryl methyl sites for hydroxylation is 2. The van der Waals surface area contributed by atoms with Crippen LogP contribution in [0.4, 0.5) is 0 Å². The topological polar surface area (TPSA) is 77.7 Å². The summed E-state index contributed by atoms with van der Waals surface area (Å²) >= 11 is 3.47. The van der Waals surface area contributed by atoms with Gasteiger partial charge in [0.05, 0.1) is 21.7 Å². The van der Waals surface area contributed by atoms with E-state index in [1.54, 1.807) is 29.6 Å². The van der Waals surface area contributed by atoms with E-state index in [9.17, 15) is 13.2 Å². The molecular formula is C25H23BrN2O4S. The average molecular weight is 527 g/mol. The highest BCUT2D eigenvalue weighted by molar-refractivity contribution is 9.10. The maximum Gasteiger partial charge on any atom is 0.338 e. The Morgan fingerprint density at radius 2 is 1.82 bits per heavy atom. The van der Waals surface area contributed by atoms with Gasteiger partial charge in [0, 0.05) is 22.0 Å². The van der Waals surface area contributed by atoms with E-state index >= 15 is 0 Å². The summed E-state index contributed by atoms with van der Waals surface area (Å²) in [6, 6.07) is 18.4. The molecule has 4 aromatic rings. The second kappa shape index (κ2) is 9.11. The van der Waals surface area contributed by atoms with E-state index in [0.717, 1.165) is 17.7 Å². The maximum atomic E-state index is 12.8. The molecule has 0 fully saturated rings. The van der Waals surface area contributed by atoms with Crippen molar-refractivity contribution in [3.8, 4) is 11.1 Å². The van der Waals surface area contributed by atoms with Crippen molar-refractivity contribution >= 4 is 37.3 Å². The third-order valence-corrected chi connectivity index (χ3v) is 7.06. The molecule has 0 saturated heterocycles. The normalized spacial score (nSPS) is 11.6. The first-order chi connectivity index (χ1) is 15.7. The number of hydrogen-bond donors (Lipinski definition) is 0. The van der Waals surface area contributed by atoms with Crippen molar-refractivity contribution in [3.63, 3.8) is 0 Å². The van der Waals surface area contributed by atoms with Crippen molar-refractivity contribution < 1.29 is 17.9 Å². The molecule has 0 saturated carbocycles. The third-order valence-electron chi connectivity index (χ3n) is 5.36. The molecule has 0 atom stereocenters. The van der Waals surface area contributed by atoms with Gasteiger partial charge in [-0.05, 0) is 54.8 Å². The number of benzene rings is 2. The quantitative estimate of drug-likeness (QED) is 0.314. The van der Waals surface area contributed by atoms with Gasteiger partial charge in [-0.3, -0.25) is 0 Å². The van der Waals surface area contributed by atoms with Crippen LogP contribution >= 0.6 is 15.9 Å². The number of nitrogens with zero attached hydrogens (tertiary/aromatic N) is 2. The molecular weight excluding hydrogens is 504 g/mol. The van der Waals surface area contributed by atoms with Gasteiger partial charge in [0.15, 0.2) is 9.84 Å². The molecule has 2 aromatic carbocycles. The van der Waals surface area contributed by atoms with Gasteiger partial charge >= 0.3 is 5.97 Å². The molecule has 4 rings (SSSR count). The summed E-state index contributed by atoms with van der Waals surface area (Å²) < 4.78 is 33.5. The van der Waals surface area contributed by atoms with Gasteiger partial charge in [-0.1, -0.05) is 53.2 Å². The molecule has 8 heteroatoms. The molecule has 0 bridgehead atoms. The lowest BCUT2D eigenvalue weighted by molar-refractivity contribution is 0.0472. The highest BCUT2D eigenvalue weighted by Gasteiger charge is 2.24. The minimum absolute atomic E-state index is 0.146. The van der Waals surface area contributed by atoms with Crippen molar-refractivity contribution in [1.29, 1.82) is 0 Å². The third kappa shape index (κ3) is 4.72. The summed E-state index contributed by atoms with van der Waals surface area (Å²) in [7, 11) is -3.60. The number of aromatic nitrogens is 2. The molecule has 0 radical (unpaired) electrons. The van der Waals surface area contributed by atoms with E-state index in [0.29, 0.717) is 32.4 Å². The number of carbonyl (C=O) groups is 1. The van der Waals surface area contributed by atoms with Crippen molar-refractivity contribution in [2.45, 2.75) is 31.8 Å². The molecule has 6 nitrogen and oxygen atoms in total. The predicted octanol–water partition coefficient (Wildman–Crippen LogP) is 5.40. The number of ether oxygens (including phenoxy) is 1. The van der Waals surface area contributed by atoms with E-state index in [4.69, 9.17) is 4.74 Å². The van der Waals surface area contributed by atoms with Crippen molar-refractivity contribution in [2.24, 2.45) is 0 Å². The second-order valence-corrected chi connectivity index (χ2v) is 10.7. The van der Waals surface area contributed by atoms with Crippen LogP contribution in [0, 0.1) is 6.92 Å². The summed E-state index contributed by atoms with van der Waals surface area (Å²) in [6.45, 7) is 3.85. The molecule has 170 valence electrons. The highest BCUT2D eigenvalue weighted by atomic mass is 79.9. The highest BCUT2D eigenvalue weighted by Crippen LogP contribution is 2.36. The number of hydrogen-bond acceptors (Lipinski definition) is 5. The Kier molecular flexibility index (Phi) is 6.41. The Morgan fingerprint density at radius 1 is 1.09 bits per heavy atom. The fourth-order valence-corrected chi connectivity index (χ4v) is 5.59. The van der Waals surface area contributed by atoms with Gasteiger partial charge in [0.1, 0.15) is 6.61 Å². The largest absolute Gasteiger partial charge is 0.457 e. The van der Waals surface area contributed by atoms with E-state index in [1.165, 1.54) is 6.26 Å². The summed E-state index contributed by atoms with van der Waals surface area (Å²) in [5, 5.41) is 4.54. The van der Waals surface area contributed by atoms with E-state index in [2.05, 4.69) is 21.0 Å². The fourth-order valence-electron chi connectivity index (χ4n) is 3.93. The van der Waals surface area contributed by atoms with Crippen LogP contribution in [0.1, 0.15) is 34.2 Å². The molecule has 0 aliphatic carbocycles. The van der Waals surface area contributed by atoms with Gasteiger partial charge in [-0.15, -0.1) is 0 Å². The van der Waals surface area contributed by atoms with Gasteiger partial charge in [0.2, 0.25) is 0 Å². The molecule has 0 unspecified atom stereocenters. The van der Waals surface area contributed by atoms with Gasteiger partial charge < -0.3 is 4.74 Å². The Balaban J connectivity index is 1.85. The molecule has 2 heterocycles. The van der Waals surface area contributed by atoms with Crippen LogP contribution in [-0.4, -0.2) is 30.3 Å². The second-order valence-electron chi connectivity index (χ2n) is 7.83. The first-order valence-corrected chi connectivity index (χ1v) is 13.1. The van der Waals surface area contributed by atoms with Gasteiger partial charge in [-0.2, -0.15) is 5.10 Å². The number of fused-ring (bicyclic) bond motifs is 1. The maximum absolute atomic E-state index is 12.8. The zero-order valence-electron chi connectivity index (χ0n) is 18.5. The number of rotatable bonds is 6. The van der Waals surface area contributed by atoms with Crippen LogP contribution in [0.25, 0.3) is 16.6 Å². The zero-order chi connectivity index (χ0) is 23.8. The molecule has 0 amide bonds. The van der Waals surface area contributed by atoms with Crippen LogP contribution in [0.15, 0.2) is 70.0 Å². The van der Waals surface area contributed by atoms with Crippen LogP contribution in [0.5, 0.6) is 0 Å². The minimum atomic E-state index is -3.60. The Labute approximate surface area is 201 Å². The average Bonchev–Trinajstić information content (AvgIpc) is 3.18. The van der Waals surface area contributed by atoms with Crippen molar-refractivity contribution in [2.75, 3.05) is 6.26 Å².